The second-order valence-electron chi connectivity index (χ2n) is 10.2. The fraction of sp³-hybridized carbons (Fsp3) is 0.219. The van der Waals surface area contributed by atoms with E-state index in [9.17, 15) is 14.4 Å². The largest absolute Gasteiger partial charge is 0.466 e. The lowest BCUT2D eigenvalue weighted by Crippen LogP contribution is -2.38. The lowest BCUT2D eigenvalue weighted by atomic mass is 9.81. The van der Waals surface area contributed by atoms with Crippen LogP contribution in [-0.2, 0) is 19.1 Å². The lowest BCUT2D eigenvalue weighted by molar-refractivity contribution is -0.136. The third-order valence-electron chi connectivity index (χ3n) is 6.39. The molecule has 3 aromatic carbocycles. The van der Waals surface area contributed by atoms with Gasteiger partial charge in [0.2, 0.25) is 0 Å². The van der Waals surface area contributed by atoms with Crippen LogP contribution in [0.15, 0.2) is 95.5 Å². The van der Waals surface area contributed by atoms with Gasteiger partial charge >= 0.3 is 12.1 Å². The van der Waals surface area contributed by atoms with Crippen LogP contribution in [0.5, 0.6) is 0 Å². The van der Waals surface area contributed by atoms with Gasteiger partial charge in [0.05, 0.1) is 18.4 Å². The minimum absolute atomic E-state index is 0.248. The second kappa shape index (κ2) is 11.4. The molecular formula is C32H30BrNO5. The van der Waals surface area contributed by atoms with Crippen LogP contribution in [0.3, 0.4) is 0 Å². The Kier molecular flexibility index (Phi) is 8.21. The molecule has 0 aromatic heterocycles. The first-order valence-electron chi connectivity index (χ1n) is 12.5. The van der Waals surface area contributed by atoms with Gasteiger partial charge in [0, 0.05) is 21.5 Å². The topological polar surface area (TPSA) is 72.9 Å². The summed E-state index contributed by atoms with van der Waals surface area (Å²) in [4.78, 5) is 41.1. The van der Waals surface area contributed by atoms with Crippen LogP contribution in [0.4, 0.5) is 10.5 Å². The zero-order valence-corrected chi connectivity index (χ0v) is 23.9. The Bertz CT molecular complexity index is 1470. The summed E-state index contributed by atoms with van der Waals surface area (Å²) in [6.45, 7) is 9.34. The van der Waals surface area contributed by atoms with E-state index in [-0.39, 0.29) is 12.0 Å². The van der Waals surface area contributed by atoms with E-state index in [2.05, 4.69) is 22.5 Å². The van der Waals surface area contributed by atoms with E-state index in [4.69, 9.17) is 9.47 Å². The summed E-state index contributed by atoms with van der Waals surface area (Å²) < 4.78 is 11.4. The molecule has 0 bridgehead atoms. The highest BCUT2D eigenvalue weighted by atomic mass is 79.9. The quantitative estimate of drug-likeness (QED) is 0.220. The van der Waals surface area contributed by atoms with Crippen molar-refractivity contribution in [3.8, 4) is 0 Å². The number of methoxy groups -OCH3 is 1. The summed E-state index contributed by atoms with van der Waals surface area (Å²) in [7, 11) is 1.32. The average Bonchev–Trinajstić information content (AvgIpc) is 3.20. The highest BCUT2D eigenvalue weighted by Gasteiger charge is 2.41. The molecule has 1 aliphatic heterocycles. The first kappa shape index (κ1) is 28.0. The van der Waals surface area contributed by atoms with E-state index < -0.39 is 29.5 Å². The molecule has 1 heterocycles. The number of hydrogen-bond acceptors (Lipinski definition) is 5. The summed E-state index contributed by atoms with van der Waals surface area (Å²) in [5.74, 6) is -1.55. The number of hydrogen-bond donors (Lipinski definition) is 0. The Hall–Kier alpha value is -3.97. The van der Waals surface area contributed by atoms with Gasteiger partial charge < -0.3 is 9.47 Å². The van der Waals surface area contributed by atoms with Crippen LogP contribution < -0.4 is 4.90 Å². The van der Waals surface area contributed by atoms with Crippen molar-refractivity contribution >= 4 is 50.7 Å². The normalized spacial score (nSPS) is 14.9. The van der Waals surface area contributed by atoms with E-state index in [1.165, 1.54) is 7.11 Å². The highest BCUT2D eigenvalue weighted by Crippen LogP contribution is 2.46. The van der Waals surface area contributed by atoms with Crippen molar-refractivity contribution < 1.29 is 23.9 Å². The Labute approximate surface area is 237 Å². The Morgan fingerprint density at radius 2 is 1.56 bits per heavy atom. The number of ether oxygens (including phenoxy) is 2. The van der Waals surface area contributed by atoms with Gasteiger partial charge in [-0.15, -0.1) is 0 Å². The number of rotatable bonds is 6. The molecule has 1 atom stereocenters. The van der Waals surface area contributed by atoms with E-state index in [0.717, 1.165) is 20.5 Å². The number of benzene rings is 3. The van der Waals surface area contributed by atoms with E-state index in [1.54, 1.807) is 32.9 Å². The maximum atomic E-state index is 14.1. The SMILES string of the molecule is C=C(C(=O)OC)C(C/C(=C1/C(=O)N(C(=O)OC(C)(C)C)c2ccccc21)c1ccccc1)c1ccccc1Br. The van der Waals surface area contributed by atoms with Crippen molar-refractivity contribution in [2.24, 2.45) is 0 Å². The van der Waals surface area contributed by atoms with Gasteiger partial charge in [-0.1, -0.05) is 89.2 Å². The average molecular weight is 588 g/mol. The van der Waals surface area contributed by atoms with Gasteiger partial charge in [-0.2, -0.15) is 0 Å². The van der Waals surface area contributed by atoms with Crippen LogP contribution in [0.1, 0.15) is 49.8 Å². The number of esters is 1. The number of carbonyl (C=O) groups is 3. The van der Waals surface area contributed by atoms with Crippen LogP contribution >= 0.6 is 15.9 Å². The smallest absolute Gasteiger partial charge is 0.422 e. The number of amides is 2. The predicted molar refractivity (Wildman–Crippen MR) is 156 cm³/mol. The zero-order valence-electron chi connectivity index (χ0n) is 22.4. The summed E-state index contributed by atoms with van der Waals surface area (Å²) in [5.41, 5.74) is 3.18. The number of halogens is 1. The summed E-state index contributed by atoms with van der Waals surface area (Å²) in [6.07, 6.45) is -0.498. The van der Waals surface area contributed by atoms with Gasteiger partial charge in [0.25, 0.3) is 5.91 Å². The molecule has 0 spiro atoms. The first-order valence-corrected chi connectivity index (χ1v) is 13.3. The number of imide groups is 1. The van der Waals surface area contributed by atoms with Crippen molar-refractivity contribution in [1.82, 2.24) is 0 Å². The van der Waals surface area contributed by atoms with Crippen molar-refractivity contribution in [2.75, 3.05) is 12.0 Å². The molecule has 0 N–H and O–H groups in total. The molecule has 1 unspecified atom stereocenters. The summed E-state index contributed by atoms with van der Waals surface area (Å²) >= 11 is 3.61. The fourth-order valence-electron chi connectivity index (χ4n) is 4.66. The standard InChI is InChI=1S/C32H30BrNO5/c1-20(30(36)38-5)24(22-15-9-11-17-26(22)33)19-25(21-13-7-6-8-14-21)28-23-16-10-12-18-27(23)34(29(28)35)31(37)39-32(2,3)4/h6-18,24H,1,19H2,2-5H3/b28-25-. The van der Waals surface area contributed by atoms with Crippen molar-refractivity contribution in [3.05, 3.63) is 112 Å². The lowest BCUT2D eigenvalue weighted by Gasteiger charge is -2.24. The molecule has 7 heteroatoms. The fourth-order valence-corrected chi connectivity index (χ4v) is 5.22. The van der Waals surface area contributed by atoms with Gasteiger partial charge in [0.15, 0.2) is 0 Å². The van der Waals surface area contributed by atoms with E-state index in [1.807, 2.05) is 66.7 Å². The van der Waals surface area contributed by atoms with E-state index in [0.29, 0.717) is 22.4 Å². The number of fused-ring (bicyclic) bond motifs is 1. The number of para-hydroxylation sites is 1. The van der Waals surface area contributed by atoms with Crippen molar-refractivity contribution in [3.63, 3.8) is 0 Å². The van der Waals surface area contributed by atoms with Crippen LogP contribution in [0, 0.1) is 0 Å². The molecule has 0 fully saturated rings. The molecule has 0 saturated carbocycles. The Balaban J connectivity index is 1.95. The van der Waals surface area contributed by atoms with Gasteiger partial charge in [-0.05, 0) is 56.0 Å². The molecular weight excluding hydrogens is 558 g/mol. The summed E-state index contributed by atoms with van der Waals surface area (Å²) in [5, 5.41) is 0. The van der Waals surface area contributed by atoms with Crippen molar-refractivity contribution in [1.29, 1.82) is 0 Å². The second-order valence-corrected chi connectivity index (χ2v) is 11.0. The number of carbonyl (C=O) groups excluding carboxylic acids is 3. The predicted octanol–water partition coefficient (Wildman–Crippen LogP) is 7.54. The van der Waals surface area contributed by atoms with Crippen LogP contribution in [0.2, 0.25) is 0 Å². The molecule has 2 amide bonds. The van der Waals surface area contributed by atoms with Crippen LogP contribution in [0.25, 0.3) is 11.1 Å². The summed E-state index contributed by atoms with van der Waals surface area (Å²) in [6, 6.07) is 24.2. The number of nitrogens with zero attached hydrogens (tertiary/aromatic N) is 1. The molecule has 200 valence electrons. The zero-order chi connectivity index (χ0) is 28.3. The molecule has 0 radical (unpaired) electrons. The molecule has 0 saturated heterocycles. The molecule has 3 aromatic rings. The maximum Gasteiger partial charge on any atom is 0.422 e. The number of anilines is 1. The molecule has 4 rings (SSSR count). The molecule has 6 nitrogen and oxygen atoms in total. The van der Waals surface area contributed by atoms with Gasteiger partial charge in [0.1, 0.15) is 5.60 Å². The highest BCUT2D eigenvalue weighted by molar-refractivity contribution is 9.10. The molecule has 1 aliphatic rings. The third-order valence-corrected chi connectivity index (χ3v) is 7.11. The molecule has 0 aliphatic carbocycles. The minimum atomic E-state index is -0.788. The van der Waals surface area contributed by atoms with Gasteiger partial charge in [-0.25, -0.2) is 14.5 Å². The monoisotopic (exact) mass is 587 g/mol. The van der Waals surface area contributed by atoms with Crippen LogP contribution in [-0.4, -0.2) is 30.7 Å². The van der Waals surface area contributed by atoms with E-state index >= 15 is 0 Å². The first-order chi connectivity index (χ1) is 18.5. The third kappa shape index (κ3) is 5.88. The van der Waals surface area contributed by atoms with Gasteiger partial charge in [-0.3, -0.25) is 4.79 Å². The Morgan fingerprint density at radius 3 is 2.21 bits per heavy atom. The number of allylic oxidation sites excluding steroid dienone is 1. The van der Waals surface area contributed by atoms with Crippen molar-refractivity contribution in [2.45, 2.75) is 38.7 Å². The maximum absolute atomic E-state index is 14.1. The minimum Gasteiger partial charge on any atom is -0.466 e. The Morgan fingerprint density at radius 1 is 0.949 bits per heavy atom. The molecule has 39 heavy (non-hydrogen) atoms.